The number of hydrogen-bond donors (Lipinski definition) is 2. The van der Waals surface area contributed by atoms with E-state index in [1.165, 1.54) is 12.1 Å². The lowest BCUT2D eigenvalue weighted by Gasteiger charge is -2.15. The van der Waals surface area contributed by atoms with Gasteiger partial charge in [0.2, 0.25) is 0 Å². The molecule has 1 aliphatic rings. The first-order valence-corrected chi connectivity index (χ1v) is 6.20. The van der Waals surface area contributed by atoms with Crippen LogP contribution in [0.25, 0.3) is 11.0 Å². The molecule has 0 saturated heterocycles. The largest absolute Gasteiger partial charge is 0.460 e. The minimum absolute atomic E-state index is 0.0280. The van der Waals surface area contributed by atoms with Crippen LogP contribution in [0.5, 0.6) is 6.01 Å². The van der Waals surface area contributed by atoms with Gasteiger partial charge in [0.15, 0.2) is 0 Å². The summed E-state index contributed by atoms with van der Waals surface area (Å²) in [5.74, 6) is 0. The molecule has 2 unspecified atom stereocenters. The molecule has 7 nitrogen and oxygen atoms in total. The van der Waals surface area contributed by atoms with Crippen LogP contribution < -0.4 is 10.5 Å². The monoisotopic (exact) mass is 262 g/mol. The lowest BCUT2D eigenvalue weighted by molar-refractivity contribution is -0.384. The summed E-state index contributed by atoms with van der Waals surface area (Å²) in [7, 11) is 0. The molecule has 7 heteroatoms. The fourth-order valence-corrected chi connectivity index (χ4v) is 2.39. The molecule has 1 aliphatic carbocycles. The van der Waals surface area contributed by atoms with Crippen LogP contribution in [0.2, 0.25) is 0 Å². The normalized spacial score (nSPS) is 22.8. The van der Waals surface area contributed by atoms with E-state index in [9.17, 15) is 10.1 Å². The Balaban J connectivity index is 1.87. The van der Waals surface area contributed by atoms with E-state index in [1.54, 1.807) is 6.07 Å². The van der Waals surface area contributed by atoms with Gasteiger partial charge in [0.25, 0.3) is 11.7 Å². The molecule has 0 aliphatic heterocycles. The van der Waals surface area contributed by atoms with E-state index in [0.717, 1.165) is 19.3 Å². The van der Waals surface area contributed by atoms with E-state index < -0.39 is 4.92 Å². The highest BCUT2D eigenvalue weighted by Gasteiger charge is 2.26. The molecule has 0 amide bonds. The lowest BCUT2D eigenvalue weighted by atomic mass is 10.2. The van der Waals surface area contributed by atoms with Crippen LogP contribution in [0.4, 0.5) is 5.69 Å². The van der Waals surface area contributed by atoms with Crippen molar-refractivity contribution >= 4 is 16.7 Å². The van der Waals surface area contributed by atoms with Gasteiger partial charge in [0.05, 0.1) is 16.0 Å². The Labute approximate surface area is 108 Å². The number of H-pyrrole nitrogens is 1. The molecule has 1 aromatic heterocycles. The van der Waals surface area contributed by atoms with Crippen LogP contribution in [-0.4, -0.2) is 27.0 Å². The third-order valence-corrected chi connectivity index (χ3v) is 3.42. The van der Waals surface area contributed by atoms with Gasteiger partial charge in [0, 0.05) is 18.2 Å². The Morgan fingerprint density at radius 1 is 1.47 bits per heavy atom. The summed E-state index contributed by atoms with van der Waals surface area (Å²) in [6, 6.07) is 4.88. The van der Waals surface area contributed by atoms with Gasteiger partial charge in [-0.2, -0.15) is 4.98 Å². The number of imidazole rings is 1. The van der Waals surface area contributed by atoms with Crippen LogP contribution in [0.1, 0.15) is 19.3 Å². The minimum Gasteiger partial charge on any atom is -0.460 e. The van der Waals surface area contributed by atoms with E-state index in [4.69, 9.17) is 10.5 Å². The number of nitrogens with zero attached hydrogens (tertiary/aromatic N) is 2. The smallest absolute Gasteiger partial charge is 0.294 e. The molecule has 3 rings (SSSR count). The Morgan fingerprint density at radius 2 is 2.32 bits per heavy atom. The van der Waals surface area contributed by atoms with Crippen molar-refractivity contribution in [2.24, 2.45) is 5.73 Å². The van der Waals surface area contributed by atoms with Crippen LogP contribution in [-0.2, 0) is 0 Å². The molecule has 3 N–H and O–H groups in total. The molecule has 0 spiro atoms. The second kappa shape index (κ2) is 4.51. The molecule has 1 heterocycles. The minimum atomic E-state index is -0.437. The summed E-state index contributed by atoms with van der Waals surface area (Å²) in [5.41, 5.74) is 7.20. The number of ether oxygens (including phenoxy) is 1. The Morgan fingerprint density at radius 3 is 3.00 bits per heavy atom. The average Bonchev–Trinajstić information content (AvgIpc) is 2.95. The van der Waals surface area contributed by atoms with Crippen molar-refractivity contribution in [1.29, 1.82) is 0 Å². The average molecular weight is 262 g/mol. The third-order valence-electron chi connectivity index (χ3n) is 3.42. The van der Waals surface area contributed by atoms with Crippen LogP contribution >= 0.6 is 0 Å². The van der Waals surface area contributed by atoms with Crippen LogP contribution in [0, 0.1) is 10.1 Å². The zero-order valence-corrected chi connectivity index (χ0v) is 10.2. The zero-order chi connectivity index (χ0) is 13.4. The Bertz CT molecular complexity index is 624. The highest BCUT2D eigenvalue weighted by atomic mass is 16.6. The maximum atomic E-state index is 10.7. The quantitative estimate of drug-likeness (QED) is 0.647. The fraction of sp³-hybridized carbons (Fsp3) is 0.417. The predicted molar refractivity (Wildman–Crippen MR) is 69.0 cm³/mol. The van der Waals surface area contributed by atoms with Crippen molar-refractivity contribution in [3.05, 3.63) is 28.3 Å². The number of rotatable bonds is 3. The second-order valence-corrected chi connectivity index (χ2v) is 4.75. The summed E-state index contributed by atoms with van der Waals surface area (Å²) in [6.07, 6.45) is 2.89. The molecule has 0 bridgehead atoms. The van der Waals surface area contributed by atoms with Gasteiger partial charge in [-0.15, -0.1) is 0 Å². The molecule has 1 saturated carbocycles. The SMILES string of the molecule is NC1CCCC1Oc1nc2ccc([N+](=O)[O-])cc2[nH]1. The van der Waals surface area contributed by atoms with Crippen LogP contribution in [0.3, 0.4) is 0 Å². The lowest BCUT2D eigenvalue weighted by Crippen LogP contribution is -2.33. The number of aromatic nitrogens is 2. The summed E-state index contributed by atoms with van der Waals surface area (Å²) < 4.78 is 5.71. The van der Waals surface area contributed by atoms with Gasteiger partial charge in [-0.3, -0.25) is 10.1 Å². The van der Waals surface area contributed by atoms with E-state index in [2.05, 4.69) is 9.97 Å². The zero-order valence-electron chi connectivity index (χ0n) is 10.2. The van der Waals surface area contributed by atoms with Crippen molar-refractivity contribution in [2.75, 3.05) is 0 Å². The van der Waals surface area contributed by atoms with E-state index in [-0.39, 0.29) is 17.8 Å². The topological polar surface area (TPSA) is 107 Å². The highest BCUT2D eigenvalue weighted by Crippen LogP contribution is 2.25. The Kier molecular flexibility index (Phi) is 2.83. The maximum absolute atomic E-state index is 10.7. The molecule has 2 aromatic rings. The molecule has 100 valence electrons. The number of nitrogens with two attached hydrogens (primary N) is 1. The molecule has 0 radical (unpaired) electrons. The maximum Gasteiger partial charge on any atom is 0.294 e. The van der Waals surface area contributed by atoms with Gasteiger partial charge in [-0.05, 0) is 25.3 Å². The van der Waals surface area contributed by atoms with Crippen molar-refractivity contribution in [3.8, 4) is 6.01 Å². The molecular formula is C12H14N4O3. The molecule has 19 heavy (non-hydrogen) atoms. The number of fused-ring (bicyclic) bond motifs is 1. The first kappa shape index (κ1) is 11.9. The summed E-state index contributed by atoms with van der Waals surface area (Å²) in [5, 5.41) is 10.7. The molecule has 1 fully saturated rings. The second-order valence-electron chi connectivity index (χ2n) is 4.75. The molecule has 1 aromatic carbocycles. The first-order chi connectivity index (χ1) is 9.13. The third kappa shape index (κ3) is 2.24. The first-order valence-electron chi connectivity index (χ1n) is 6.20. The standard InChI is InChI=1S/C12H14N4O3/c13-8-2-1-3-11(8)19-12-14-9-5-4-7(16(17)18)6-10(9)15-12/h4-6,8,11H,1-3,13H2,(H,14,15). The van der Waals surface area contributed by atoms with Crippen molar-refractivity contribution < 1.29 is 9.66 Å². The number of nitro groups is 1. The van der Waals surface area contributed by atoms with Gasteiger partial charge < -0.3 is 15.5 Å². The predicted octanol–water partition coefficient (Wildman–Crippen LogP) is 1.73. The number of non-ortho nitro benzene ring substituents is 1. The number of benzene rings is 1. The van der Waals surface area contributed by atoms with Gasteiger partial charge in [-0.25, -0.2) is 0 Å². The summed E-state index contributed by atoms with van der Waals surface area (Å²) in [4.78, 5) is 17.5. The number of hydrogen-bond acceptors (Lipinski definition) is 5. The number of nitrogens with one attached hydrogen (secondary N) is 1. The van der Waals surface area contributed by atoms with Gasteiger partial charge in [-0.1, -0.05) is 0 Å². The number of aromatic amines is 1. The van der Waals surface area contributed by atoms with Gasteiger partial charge in [0.1, 0.15) is 6.10 Å². The van der Waals surface area contributed by atoms with Crippen LogP contribution in [0.15, 0.2) is 18.2 Å². The molecule has 2 atom stereocenters. The summed E-state index contributed by atoms with van der Waals surface area (Å²) in [6.45, 7) is 0. The van der Waals surface area contributed by atoms with Crippen molar-refractivity contribution in [2.45, 2.75) is 31.4 Å². The van der Waals surface area contributed by atoms with Gasteiger partial charge >= 0.3 is 0 Å². The number of nitro benzene ring substituents is 1. The van der Waals surface area contributed by atoms with E-state index >= 15 is 0 Å². The van der Waals surface area contributed by atoms with Crippen molar-refractivity contribution in [1.82, 2.24) is 9.97 Å². The fourth-order valence-electron chi connectivity index (χ4n) is 2.39. The van der Waals surface area contributed by atoms with Crippen molar-refractivity contribution in [3.63, 3.8) is 0 Å². The Hall–Kier alpha value is -2.15. The highest BCUT2D eigenvalue weighted by molar-refractivity contribution is 5.78. The molecular weight excluding hydrogens is 248 g/mol. The summed E-state index contributed by atoms with van der Waals surface area (Å²) >= 11 is 0. The van der Waals surface area contributed by atoms with E-state index in [0.29, 0.717) is 17.0 Å². The van der Waals surface area contributed by atoms with E-state index in [1.807, 2.05) is 0 Å².